The van der Waals surface area contributed by atoms with Gasteiger partial charge in [0.05, 0.1) is 6.10 Å². The van der Waals surface area contributed by atoms with E-state index in [9.17, 15) is 0 Å². The fraction of sp³-hybridized carbons (Fsp3) is 1.00. The van der Waals surface area contributed by atoms with Gasteiger partial charge in [0.2, 0.25) is 0 Å². The van der Waals surface area contributed by atoms with Crippen LogP contribution >= 0.6 is 0 Å². The minimum Gasteiger partial charge on any atom is -0.396 e. The van der Waals surface area contributed by atoms with Crippen LogP contribution < -0.4 is 0 Å². The summed E-state index contributed by atoms with van der Waals surface area (Å²) in [6.07, 6.45) is 4.14. The Labute approximate surface area is 82.0 Å². The van der Waals surface area contributed by atoms with E-state index in [0.29, 0.717) is 18.4 Å². The van der Waals surface area contributed by atoms with Crippen LogP contribution in [0, 0.1) is 11.8 Å². The molecule has 0 aliphatic heterocycles. The Balaban J connectivity index is 3.31. The zero-order valence-corrected chi connectivity index (χ0v) is 9.16. The second-order valence-corrected chi connectivity index (χ2v) is 4.41. The minimum atomic E-state index is -0.176. The molecule has 0 aromatic rings. The zero-order chi connectivity index (χ0) is 10.3. The summed E-state index contributed by atoms with van der Waals surface area (Å²) >= 11 is 0. The molecule has 0 saturated carbocycles. The van der Waals surface area contributed by atoms with Crippen LogP contribution in [0.15, 0.2) is 0 Å². The van der Waals surface area contributed by atoms with Crippen LogP contribution in [0.3, 0.4) is 0 Å². The van der Waals surface area contributed by atoms with E-state index in [4.69, 9.17) is 10.2 Å². The van der Waals surface area contributed by atoms with Gasteiger partial charge < -0.3 is 10.2 Å². The molecule has 0 amide bonds. The predicted octanol–water partition coefficient (Wildman–Crippen LogP) is 2.19. The molecule has 0 aliphatic carbocycles. The first-order valence-electron chi connectivity index (χ1n) is 5.35. The maximum atomic E-state index is 9.14. The van der Waals surface area contributed by atoms with Gasteiger partial charge in [0, 0.05) is 6.61 Å². The number of aliphatic hydroxyl groups is 2. The first kappa shape index (κ1) is 12.9. The van der Waals surface area contributed by atoms with Crippen LogP contribution in [0.4, 0.5) is 0 Å². The molecule has 0 aliphatic rings. The standard InChI is InChI=1S/C11H24O2/c1-9(7-11(3)13)5-4-6-10(2)8-12/h9-13H,4-8H2,1-3H3. The van der Waals surface area contributed by atoms with Gasteiger partial charge in [-0.15, -0.1) is 0 Å². The Morgan fingerprint density at radius 2 is 1.54 bits per heavy atom. The highest BCUT2D eigenvalue weighted by molar-refractivity contribution is 4.59. The number of hydrogen-bond donors (Lipinski definition) is 2. The van der Waals surface area contributed by atoms with Gasteiger partial charge in [0.15, 0.2) is 0 Å². The summed E-state index contributed by atoms with van der Waals surface area (Å²) < 4.78 is 0. The van der Waals surface area contributed by atoms with Crippen LogP contribution in [0.5, 0.6) is 0 Å². The molecule has 0 fully saturated rings. The highest BCUT2D eigenvalue weighted by Crippen LogP contribution is 2.16. The van der Waals surface area contributed by atoms with Crippen LogP contribution in [0.1, 0.15) is 46.5 Å². The molecule has 80 valence electrons. The number of rotatable bonds is 7. The van der Waals surface area contributed by atoms with Crippen molar-refractivity contribution in [1.82, 2.24) is 0 Å². The molecule has 0 rings (SSSR count). The Bertz CT molecular complexity index is 113. The summed E-state index contributed by atoms with van der Waals surface area (Å²) in [5, 5.41) is 17.9. The minimum absolute atomic E-state index is 0.176. The van der Waals surface area contributed by atoms with Crippen molar-refractivity contribution in [1.29, 1.82) is 0 Å². The van der Waals surface area contributed by atoms with Crippen LogP contribution in [0.25, 0.3) is 0 Å². The smallest absolute Gasteiger partial charge is 0.0514 e. The van der Waals surface area contributed by atoms with E-state index in [1.807, 2.05) is 6.92 Å². The molecule has 2 heteroatoms. The van der Waals surface area contributed by atoms with Gasteiger partial charge in [-0.25, -0.2) is 0 Å². The lowest BCUT2D eigenvalue weighted by atomic mass is 9.95. The maximum Gasteiger partial charge on any atom is 0.0514 e. The Morgan fingerprint density at radius 3 is 2.00 bits per heavy atom. The third-order valence-electron chi connectivity index (χ3n) is 2.45. The quantitative estimate of drug-likeness (QED) is 0.643. The molecule has 2 N–H and O–H groups in total. The Morgan fingerprint density at radius 1 is 1.00 bits per heavy atom. The summed E-state index contributed by atoms with van der Waals surface area (Å²) in [6.45, 7) is 6.38. The van der Waals surface area contributed by atoms with E-state index in [1.165, 1.54) is 0 Å². The molecule has 13 heavy (non-hydrogen) atoms. The first-order valence-corrected chi connectivity index (χ1v) is 5.35. The summed E-state index contributed by atoms with van der Waals surface area (Å²) in [4.78, 5) is 0. The molecule has 0 bridgehead atoms. The van der Waals surface area contributed by atoms with Gasteiger partial charge in [-0.3, -0.25) is 0 Å². The van der Waals surface area contributed by atoms with Crippen LogP contribution in [-0.4, -0.2) is 22.9 Å². The lowest BCUT2D eigenvalue weighted by Gasteiger charge is -2.14. The Hall–Kier alpha value is -0.0800. The molecule has 0 radical (unpaired) electrons. The van der Waals surface area contributed by atoms with Gasteiger partial charge in [0.1, 0.15) is 0 Å². The average Bonchev–Trinajstić information content (AvgIpc) is 2.02. The topological polar surface area (TPSA) is 40.5 Å². The predicted molar refractivity (Wildman–Crippen MR) is 55.6 cm³/mol. The molecule has 2 nitrogen and oxygen atoms in total. The van der Waals surface area contributed by atoms with Crippen molar-refractivity contribution in [2.24, 2.45) is 11.8 Å². The molecular formula is C11H24O2. The van der Waals surface area contributed by atoms with Crippen molar-refractivity contribution in [3.05, 3.63) is 0 Å². The van der Waals surface area contributed by atoms with Crippen molar-refractivity contribution < 1.29 is 10.2 Å². The monoisotopic (exact) mass is 188 g/mol. The van der Waals surface area contributed by atoms with Gasteiger partial charge in [-0.05, 0) is 31.6 Å². The SMILES string of the molecule is CC(O)CC(C)CCCC(C)CO. The summed E-state index contributed by atoms with van der Waals surface area (Å²) in [5.74, 6) is 1.03. The van der Waals surface area contributed by atoms with E-state index in [2.05, 4.69) is 13.8 Å². The molecule has 0 heterocycles. The van der Waals surface area contributed by atoms with Crippen molar-refractivity contribution >= 4 is 0 Å². The molecule has 3 unspecified atom stereocenters. The molecule has 0 saturated heterocycles. The summed E-state index contributed by atoms with van der Waals surface area (Å²) in [6, 6.07) is 0. The third kappa shape index (κ3) is 8.26. The molecular weight excluding hydrogens is 164 g/mol. The van der Waals surface area contributed by atoms with E-state index in [0.717, 1.165) is 25.7 Å². The highest BCUT2D eigenvalue weighted by Gasteiger charge is 2.07. The number of aliphatic hydroxyl groups excluding tert-OH is 2. The highest BCUT2D eigenvalue weighted by atomic mass is 16.3. The largest absolute Gasteiger partial charge is 0.396 e. The van der Waals surface area contributed by atoms with Gasteiger partial charge >= 0.3 is 0 Å². The van der Waals surface area contributed by atoms with Gasteiger partial charge in [-0.1, -0.05) is 26.7 Å². The molecule has 0 spiro atoms. The molecule has 0 aromatic carbocycles. The van der Waals surface area contributed by atoms with Crippen molar-refractivity contribution in [3.8, 4) is 0 Å². The summed E-state index contributed by atoms with van der Waals surface area (Å²) in [5.41, 5.74) is 0. The Kier molecular flexibility index (Phi) is 7.29. The fourth-order valence-electron chi connectivity index (χ4n) is 1.61. The maximum absolute atomic E-state index is 9.14. The normalized spacial score (nSPS) is 18.2. The zero-order valence-electron chi connectivity index (χ0n) is 9.16. The van der Waals surface area contributed by atoms with Crippen LogP contribution in [0.2, 0.25) is 0 Å². The van der Waals surface area contributed by atoms with Crippen molar-refractivity contribution in [3.63, 3.8) is 0 Å². The van der Waals surface area contributed by atoms with Crippen molar-refractivity contribution in [2.75, 3.05) is 6.61 Å². The second kappa shape index (κ2) is 7.34. The third-order valence-corrected chi connectivity index (χ3v) is 2.45. The van der Waals surface area contributed by atoms with Crippen molar-refractivity contribution in [2.45, 2.75) is 52.6 Å². The summed E-state index contributed by atoms with van der Waals surface area (Å²) in [7, 11) is 0. The van der Waals surface area contributed by atoms with E-state index in [-0.39, 0.29) is 6.10 Å². The molecule has 0 aromatic heterocycles. The van der Waals surface area contributed by atoms with E-state index < -0.39 is 0 Å². The fourth-order valence-corrected chi connectivity index (χ4v) is 1.61. The van der Waals surface area contributed by atoms with E-state index in [1.54, 1.807) is 0 Å². The number of hydrogen-bond acceptors (Lipinski definition) is 2. The second-order valence-electron chi connectivity index (χ2n) is 4.41. The van der Waals surface area contributed by atoms with Gasteiger partial charge in [0.25, 0.3) is 0 Å². The van der Waals surface area contributed by atoms with Crippen LogP contribution in [-0.2, 0) is 0 Å². The first-order chi connectivity index (χ1) is 6.06. The van der Waals surface area contributed by atoms with E-state index >= 15 is 0 Å². The molecule has 3 atom stereocenters. The lowest BCUT2D eigenvalue weighted by Crippen LogP contribution is -2.08. The lowest BCUT2D eigenvalue weighted by molar-refractivity contribution is 0.159. The average molecular weight is 188 g/mol. The van der Waals surface area contributed by atoms with Gasteiger partial charge in [-0.2, -0.15) is 0 Å².